The first-order valence-corrected chi connectivity index (χ1v) is 24.1. The van der Waals surface area contributed by atoms with Crippen molar-refractivity contribution >= 4 is 39.0 Å². The highest BCUT2D eigenvalue weighted by molar-refractivity contribution is 6.76. The summed E-state index contributed by atoms with van der Waals surface area (Å²) in [6.07, 6.45) is 3.20. The predicted molar refractivity (Wildman–Crippen MR) is 188 cm³/mol. The summed E-state index contributed by atoms with van der Waals surface area (Å²) in [5.74, 6) is -1.47. The molecule has 47 heavy (non-hydrogen) atoms. The second-order valence-corrected chi connectivity index (χ2v) is 26.4. The number of hydrogen-bond acceptors (Lipinski definition) is 8. The Morgan fingerprint density at radius 1 is 1.09 bits per heavy atom. The van der Waals surface area contributed by atoms with E-state index in [0.717, 1.165) is 25.1 Å². The van der Waals surface area contributed by atoms with E-state index in [-0.39, 0.29) is 61.0 Å². The van der Waals surface area contributed by atoms with Crippen LogP contribution in [0.2, 0.25) is 51.4 Å². The number of nitrogens with one attached hydrogen (secondary N) is 1. The third kappa shape index (κ3) is 9.49. The van der Waals surface area contributed by atoms with Gasteiger partial charge in [-0.05, 0) is 61.7 Å². The molecule has 2 atom stereocenters. The van der Waals surface area contributed by atoms with Crippen molar-refractivity contribution in [2.24, 2.45) is 11.0 Å². The van der Waals surface area contributed by atoms with E-state index in [1.54, 1.807) is 36.0 Å². The lowest BCUT2D eigenvalue weighted by Crippen LogP contribution is -2.47. The second kappa shape index (κ2) is 15.7. The fourth-order valence-corrected chi connectivity index (χ4v) is 7.29. The first-order valence-electron chi connectivity index (χ1n) is 16.7. The van der Waals surface area contributed by atoms with E-state index < -0.39 is 32.3 Å². The highest BCUT2D eigenvalue weighted by atomic mass is 28.3. The van der Waals surface area contributed by atoms with Gasteiger partial charge in [0.2, 0.25) is 12.4 Å². The Balaban J connectivity index is 1.83. The van der Waals surface area contributed by atoms with E-state index >= 15 is 4.39 Å². The summed E-state index contributed by atoms with van der Waals surface area (Å²) in [7, 11) is -2.72. The van der Waals surface area contributed by atoms with Crippen molar-refractivity contribution in [2.45, 2.75) is 77.9 Å². The molecule has 10 nitrogen and oxygen atoms in total. The molecule has 0 bridgehead atoms. The highest BCUT2D eigenvalue weighted by Crippen LogP contribution is 2.40. The number of nitrogens with zero attached hydrogens (tertiary/aromatic N) is 4. The van der Waals surface area contributed by atoms with Gasteiger partial charge in [0.05, 0.1) is 18.8 Å². The van der Waals surface area contributed by atoms with Gasteiger partial charge >= 0.3 is 0 Å². The van der Waals surface area contributed by atoms with E-state index in [9.17, 15) is 14.7 Å². The fraction of sp³-hybridized carbons (Fsp3) is 0.588. The van der Waals surface area contributed by atoms with E-state index in [2.05, 4.69) is 49.7 Å². The first-order chi connectivity index (χ1) is 22.2. The van der Waals surface area contributed by atoms with E-state index in [4.69, 9.17) is 14.6 Å². The Morgan fingerprint density at radius 2 is 1.79 bits per heavy atom. The Hall–Kier alpha value is -2.66. The lowest BCUT2D eigenvalue weighted by Gasteiger charge is -2.30. The van der Waals surface area contributed by atoms with Crippen LogP contribution in [-0.4, -0.2) is 99.1 Å². The molecule has 2 aliphatic rings. The number of ether oxygens (including phenoxy) is 2. The lowest BCUT2D eigenvalue weighted by molar-refractivity contribution is -0.910. The minimum atomic E-state index is -1.45. The maximum Gasteiger partial charge on any atom is 0.269 e. The Kier molecular flexibility index (Phi) is 12.4. The van der Waals surface area contributed by atoms with Gasteiger partial charge in [-0.25, -0.2) is 9.07 Å². The molecule has 2 N–H and O–H groups in total. The monoisotopic (exact) mass is 686 g/mol. The molecule has 0 aliphatic carbocycles. The largest absolute Gasteiger partial charge is 0.390 e. The van der Waals surface area contributed by atoms with Crippen LogP contribution in [0.5, 0.6) is 0 Å². The number of carbonyl (C=O) groups excluding carboxylic acids is 2. The number of carbonyl (C=O) groups is 2. The Labute approximate surface area is 280 Å². The van der Waals surface area contributed by atoms with Crippen molar-refractivity contribution in [3.05, 3.63) is 58.8 Å². The first kappa shape index (κ1) is 37.2. The highest BCUT2D eigenvalue weighted by Gasteiger charge is 2.51. The summed E-state index contributed by atoms with van der Waals surface area (Å²) in [5, 5.41) is 23.3. The molecule has 1 fully saturated rings. The molecule has 1 aromatic heterocycles. The van der Waals surface area contributed by atoms with Crippen molar-refractivity contribution in [2.75, 3.05) is 46.2 Å². The van der Waals surface area contributed by atoms with Gasteiger partial charge in [0.1, 0.15) is 24.8 Å². The molecule has 1 unspecified atom stereocenters. The van der Waals surface area contributed by atoms with Crippen LogP contribution in [-0.2, 0) is 21.0 Å². The van der Waals surface area contributed by atoms with Gasteiger partial charge in [0, 0.05) is 41.4 Å². The Morgan fingerprint density at radius 3 is 2.43 bits per heavy atom. The summed E-state index contributed by atoms with van der Waals surface area (Å²) in [4.78, 5) is 29.0. The number of aliphatic hydroxyl groups is 1. The average Bonchev–Trinajstić information content (AvgIpc) is 3.61. The van der Waals surface area contributed by atoms with Crippen LogP contribution in [0.25, 0.3) is 5.57 Å². The molecular formula is C34H53FN5O5Si2+. The minimum absolute atomic E-state index is 0.00785. The molecular weight excluding hydrogens is 634 g/mol. The number of aliphatic hydroxyl groups excluding tert-OH is 1. The number of piperidine rings is 1. The number of Topliss-reactive ketones (excluding diaryl/α,β-unsaturated/α-hetero) is 2. The third-order valence-corrected chi connectivity index (χ3v) is 12.1. The summed E-state index contributed by atoms with van der Waals surface area (Å²) < 4.78 is 28.4. The lowest BCUT2D eigenvalue weighted by atomic mass is 9.85. The van der Waals surface area contributed by atoms with Gasteiger partial charge in [0.15, 0.2) is 11.5 Å². The third-order valence-electron chi connectivity index (χ3n) is 8.70. The van der Waals surface area contributed by atoms with Crippen molar-refractivity contribution in [1.29, 1.82) is 0 Å². The number of quaternary nitrogens is 1. The predicted octanol–water partition coefficient (Wildman–Crippen LogP) is 5.30. The number of hydrogen-bond donors (Lipinski definition) is 2. The summed E-state index contributed by atoms with van der Waals surface area (Å²) in [5.41, 5.74) is 1.42. The van der Waals surface area contributed by atoms with Crippen molar-refractivity contribution in [1.82, 2.24) is 15.1 Å². The Bertz CT molecular complexity index is 1490. The molecule has 0 saturated carbocycles. The maximum absolute atomic E-state index is 15.2. The summed E-state index contributed by atoms with van der Waals surface area (Å²) in [6, 6.07) is 8.18. The van der Waals surface area contributed by atoms with Crippen LogP contribution in [0.1, 0.15) is 34.5 Å². The number of aromatic nitrogens is 2. The molecule has 1 saturated heterocycles. The van der Waals surface area contributed by atoms with E-state index in [1.165, 1.54) is 6.07 Å². The van der Waals surface area contributed by atoms with Gasteiger partial charge in [-0.15, -0.1) is 4.59 Å². The van der Waals surface area contributed by atoms with Crippen LogP contribution in [0, 0.1) is 18.7 Å². The zero-order valence-electron chi connectivity index (χ0n) is 29.2. The van der Waals surface area contributed by atoms with Gasteiger partial charge in [-0.3, -0.25) is 9.59 Å². The normalized spacial score (nSPS) is 20.5. The molecule has 2 aromatic rings. The smallest absolute Gasteiger partial charge is 0.269 e. The maximum atomic E-state index is 15.2. The topological polar surface area (TPSA) is 115 Å². The minimum Gasteiger partial charge on any atom is -0.390 e. The number of halogens is 1. The van der Waals surface area contributed by atoms with Gasteiger partial charge in [0.25, 0.3) is 5.78 Å². The van der Waals surface area contributed by atoms with Gasteiger partial charge in [-0.2, -0.15) is 5.10 Å². The van der Waals surface area contributed by atoms with Crippen LogP contribution in [0.15, 0.2) is 41.3 Å². The molecule has 0 spiro atoms. The standard InChI is InChI=1S/C34H53FN5O5Si2/c1-25-27(11-8-12-28(25)35)30-31(33(42)26-10-9-14-36-22-26)38-40(16-17-41,24-45-19-21-47(5,6)7)32(30)34(43)29-13-15-39(37-29)23-44-18-20-46(2,3)4/h8,11-13,15,26,36,41H,9-10,14,16-24H2,1-7H3/q+1/t26-,40?/m0/s1. The number of ketones is 2. The summed E-state index contributed by atoms with van der Waals surface area (Å²) >= 11 is 0. The second-order valence-electron chi connectivity index (χ2n) is 15.1. The molecule has 0 radical (unpaired) electrons. The van der Waals surface area contributed by atoms with Crippen molar-refractivity contribution in [3.63, 3.8) is 0 Å². The average molecular weight is 687 g/mol. The van der Waals surface area contributed by atoms with Crippen LogP contribution >= 0.6 is 0 Å². The zero-order valence-corrected chi connectivity index (χ0v) is 31.2. The molecule has 3 heterocycles. The van der Waals surface area contributed by atoms with Gasteiger partial charge < -0.3 is 19.9 Å². The van der Waals surface area contributed by atoms with Crippen molar-refractivity contribution in [3.8, 4) is 0 Å². The van der Waals surface area contributed by atoms with E-state index in [0.29, 0.717) is 37.3 Å². The molecule has 13 heteroatoms. The quantitative estimate of drug-likeness (QED) is 0.101. The van der Waals surface area contributed by atoms with E-state index in [1.807, 2.05) is 0 Å². The number of rotatable bonds is 17. The fourth-order valence-electron chi connectivity index (χ4n) is 5.78. The summed E-state index contributed by atoms with van der Waals surface area (Å²) in [6.45, 7) is 17.4. The zero-order chi connectivity index (χ0) is 34.4. The molecule has 258 valence electrons. The van der Waals surface area contributed by atoms with Crippen LogP contribution < -0.4 is 5.32 Å². The van der Waals surface area contributed by atoms with Crippen molar-refractivity contribution < 1.29 is 33.2 Å². The molecule has 2 aliphatic heterocycles. The molecule has 1 aromatic carbocycles. The van der Waals surface area contributed by atoms with Crippen LogP contribution in [0.3, 0.4) is 0 Å². The van der Waals surface area contributed by atoms with Crippen LogP contribution in [0.4, 0.5) is 4.39 Å². The SMILES string of the molecule is Cc1c(F)cccc1C1=C(C(=O)c2ccn(COCC[Si](C)(C)C)n2)[N+](CCO)(COCC[Si](C)(C)C)N=C1C(=O)[C@H]1CCCNC1. The number of allylic oxidation sites excluding steroid dienone is 2. The molecule has 0 amide bonds. The number of benzene rings is 1. The molecule has 4 rings (SSSR count). The van der Waals surface area contributed by atoms with Gasteiger partial charge in [-0.1, -0.05) is 56.5 Å².